The van der Waals surface area contributed by atoms with Crippen LogP contribution in [0, 0.1) is 0 Å². The molecule has 3 nitrogen and oxygen atoms in total. The van der Waals surface area contributed by atoms with Crippen molar-refractivity contribution in [2.75, 3.05) is 0 Å². The molecule has 0 saturated heterocycles. The Morgan fingerprint density at radius 2 is 2.42 bits per heavy atom. The lowest BCUT2D eigenvalue weighted by molar-refractivity contribution is 0.160. The molecule has 0 bridgehead atoms. The van der Waals surface area contributed by atoms with E-state index in [1.165, 1.54) is 0 Å². The van der Waals surface area contributed by atoms with Gasteiger partial charge in [0, 0.05) is 25.9 Å². The fourth-order valence-electron chi connectivity index (χ4n) is 1.24. The summed E-state index contributed by atoms with van der Waals surface area (Å²) in [5, 5.41) is 9.49. The minimum atomic E-state index is -0.240. The molecule has 0 amide bonds. The van der Waals surface area contributed by atoms with Crippen LogP contribution in [-0.2, 0) is 13.5 Å². The zero-order valence-electron chi connectivity index (χ0n) is 7.70. The monoisotopic (exact) mass is 168 g/mol. The number of aliphatic hydroxyl groups is 1. The largest absolute Gasteiger partial charge is 0.393 e. The SMILES string of the molecule is CCCC(O)Cc1nccn1C. The minimum absolute atomic E-state index is 0.240. The standard InChI is InChI=1S/C9H16N2O/c1-3-4-8(12)7-9-10-5-6-11(9)2/h5-6,8,12H,3-4,7H2,1-2H3. The summed E-state index contributed by atoms with van der Waals surface area (Å²) in [5.41, 5.74) is 0. The third kappa shape index (κ3) is 2.34. The first kappa shape index (κ1) is 9.26. The quantitative estimate of drug-likeness (QED) is 0.731. The van der Waals surface area contributed by atoms with Crippen molar-refractivity contribution in [3.63, 3.8) is 0 Å². The van der Waals surface area contributed by atoms with Gasteiger partial charge in [0.15, 0.2) is 0 Å². The summed E-state index contributed by atoms with van der Waals surface area (Å²) in [5.74, 6) is 0.955. The van der Waals surface area contributed by atoms with Gasteiger partial charge in [-0.05, 0) is 6.42 Å². The van der Waals surface area contributed by atoms with Crippen molar-refractivity contribution in [3.8, 4) is 0 Å². The van der Waals surface area contributed by atoms with E-state index in [9.17, 15) is 5.11 Å². The Morgan fingerprint density at radius 1 is 1.67 bits per heavy atom. The normalized spacial score (nSPS) is 13.2. The molecule has 1 aromatic heterocycles. The molecule has 1 aromatic rings. The molecule has 68 valence electrons. The summed E-state index contributed by atoms with van der Waals surface area (Å²) in [7, 11) is 1.95. The second-order valence-electron chi connectivity index (χ2n) is 3.10. The van der Waals surface area contributed by atoms with E-state index in [1.54, 1.807) is 6.20 Å². The van der Waals surface area contributed by atoms with Crippen LogP contribution in [0.3, 0.4) is 0 Å². The number of rotatable bonds is 4. The predicted octanol–water partition coefficient (Wildman–Crippen LogP) is 1.12. The molecular formula is C9H16N2O. The van der Waals surface area contributed by atoms with Crippen LogP contribution in [0.5, 0.6) is 0 Å². The highest BCUT2D eigenvalue weighted by atomic mass is 16.3. The van der Waals surface area contributed by atoms with Crippen LogP contribution in [0.2, 0.25) is 0 Å². The zero-order chi connectivity index (χ0) is 8.97. The Balaban J connectivity index is 2.46. The molecule has 1 rings (SSSR count). The van der Waals surface area contributed by atoms with E-state index in [1.807, 2.05) is 17.8 Å². The molecule has 1 atom stereocenters. The van der Waals surface area contributed by atoms with Gasteiger partial charge in [-0.3, -0.25) is 0 Å². The predicted molar refractivity (Wildman–Crippen MR) is 47.8 cm³/mol. The van der Waals surface area contributed by atoms with Gasteiger partial charge in [0.2, 0.25) is 0 Å². The Hall–Kier alpha value is -0.830. The van der Waals surface area contributed by atoms with Gasteiger partial charge in [-0.15, -0.1) is 0 Å². The van der Waals surface area contributed by atoms with Gasteiger partial charge in [-0.25, -0.2) is 4.98 Å². The van der Waals surface area contributed by atoms with Crippen LogP contribution in [0.15, 0.2) is 12.4 Å². The molecule has 0 aliphatic heterocycles. The van der Waals surface area contributed by atoms with Crippen molar-refractivity contribution in [1.29, 1.82) is 0 Å². The number of hydrogen-bond acceptors (Lipinski definition) is 2. The van der Waals surface area contributed by atoms with E-state index < -0.39 is 0 Å². The van der Waals surface area contributed by atoms with Gasteiger partial charge < -0.3 is 9.67 Å². The lowest BCUT2D eigenvalue weighted by Gasteiger charge is -2.08. The minimum Gasteiger partial charge on any atom is -0.393 e. The van der Waals surface area contributed by atoms with Crippen LogP contribution in [0.25, 0.3) is 0 Å². The average Bonchev–Trinajstić information content (AvgIpc) is 2.37. The maximum Gasteiger partial charge on any atom is 0.110 e. The second-order valence-corrected chi connectivity index (χ2v) is 3.10. The summed E-state index contributed by atoms with van der Waals surface area (Å²) >= 11 is 0. The molecule has 0 aliphatic rings. The van der Waals surface area contributed by atoms with Crippen molar-refractivity contribution >= 4 is 0 Å². The van der Waals surface area contributed by atoms with Gasteiger partial charge in [0.25, 0.3) is 0 Å². The van der Waals surface area contributed by atoms with Gasteiger partial charge in [0.05, 0.1) is 6.10 Å². The molecule has 1 unspecified atom stereocenters. The average molecular weight is 168 g/mol. The highest BCUT2D eigenvalue weighted by Gasteiger charge is 2.06. The van der Waals surface area contributed by atoms with E-state index in [4.69, 9.17) is 0 Å². The van der Waals surface area contributed by atoms with Crippen LogP contribution in [0.1, 0.15) is 25.6 Å². The smallest absolute Gasteiger partial charge is 0.110 e. The van der Waals surface area contributed by atoms with Crippen LogP contribution in [-0.4, -0.2) is 20.8 Å². The van der Waals surface area contributed by atoms with Crippen molar-refractivity contribution < 1.29 is 5.11 Å². The molecule has 12 heavy (non-hydrogen) atoms. The second kappa shape index (κ2) is 4.26. The number of aliphatic hydroxyl groups excluding tert-OH is 1. The first-order valence-corrected chi connectivity index (χ1v) is 4.38. The summed E-state index contributed by atoms with van der Waals surface area (Å²) in [6.07, 6.45) is 5.95. The summed E-state index contributed by atoms with van der Waals surface area (Å²) < 4.78 is 1.94. The highest BCUT2D eigenvalue weighted by Crippen LogP contribution is 2.04. The molecule has 0 spiro atoms. The number of aryl methyl sites for hydroxylation is 1. The van der Waals surface area contributed by atoms with E-state index >= 15 is 0 Å². The Bertz CT molecular complexity index is 232. The third-order valence-corrected chi connectivity index (χ3v) is 1.96. The molecule has 1 heterocycles. The van der Waals surface area contributed by atoms with Crippen molar-refractivity contribution in [2.45, 2.75) is 32.3 Å². The first-order valence-electron chi connectivity index (χ1n) is 4.38. The lowest BCUT2D eigenvalue weighted by Crippen LogP contribution is -2.13. The number of nitrogens with zero attached hydrogens (tertiary/aromatic N) is 2. The summed E-state index contributed by atoms with van der Waals surface area (Å²) in [4.78, 5) is 4.14. The maximum atomic E-state index is 9.49. The fourth-order valence-corrected chi connectivity index (χ4v) is 1.24. The third-order valence-electron chi connectivity index (χ3n) is 1.96. The van der Waals surface area contributed by atoms with E-state index in [0.29, 0.717) is 6.42 Å². The van der Waals surface area contributed by atoms with E-state index in [2.05, 4.69) is 11.9 Å². The Labute approximate surface area is 73.1 Å². The van der Waals surface area contributed by atoms with Crippen molar-refractivity contribution in [1.82, 2.24) is 9.55 Å². The molecule has 0 fully saturated rings. The molecule has 0 saturated carbocycles. The summed E-state index contributed by atoms with van der Waals surface area (Å²) in [6, 6.07) is 0. The highest BCUT2D eigenvalue weighted by molar-refractivity contribution is 4.92. The zero-order valence-corrected chi connectivity index (χ0v) is 7.70. The van der Waals surface area contributed by atoms with Crippen LogP contribution < -0.4 is 0 Å². The van der Waals surface area contributed by atoms with E-state index in [-0.39, 0.29) is 6.10 Å². The molecule has 0 aliphatic carbocycles. The first-order chi connectivity index (χ1) is 5.74. The molecule has 0 aromatic carbocycles. The maximum absolute atomic E-state index is 9.49. The number of aromatic nitrogens is 2. The van der Waals surface area contributed by atoms with Gasteiger partial charge >= 0.3 is 0 Å². The fraction of sp³-hybridized carbons (Fsp3) is 0.667. The van der Waals surface area contributed by atoms with Gasteiger partial charge in [0.1, 0.15) is 5.82 Å². The molecule has 0 radical (unpaired) electrons. The van der Waals surface area contributed by atoms with Gasteiger partial charge in [-0.1, -0.05) is 13.3 Å². The van der Waals surface area contributed by atoms with Crippen LogP contribution >= 0.6 is 0 Å². The molecule has 3 heteroatoms. The molecular weight excluding hydrogens is 152 g/mol. The topological polar surface area (TPSA) is 38.1 Å². The lowest BCUT2D eigenvalue weighted by atomic mass is 10.1. The van der Waals surface area contributed by atoms with E-state index in [0.717, 1.165) is 18.7 Å². The van der Waals surface area contributed by atoms with Crippen molar-refractivity contribution in [3.05, 3.63) is 18.2 Å². The molecule has 1 N–H and O–H groups in total. The Kier molecular flexibility index (Phi) is 3.29. The van der Waals surface area contributed by atoms with Crippen LogP contribution in [0.4, 0.5) is 0 Å². The number of imidazole rings is 1. The van der Waals surface area contributed by atoms with Crippen molar-refractivity contribution in [2.24, 2.45) is 7.05 Å². The number of hydrogen-bond donors (Lipinski definition) is 1. The summed E-state index contributed by atoms with van der Waals surface area (Å²) in [6.45, 7) is 2.07. The van der Waals surface area contributed by atoms with Gasteiger partial charge in [-0.2, -0.15) is 0 Å². The Morgan fingerprint density at radius 3 is 2.92 bits per heavy atom.